The van der Waals surface area contributed by atoms with Gasteiger partial charge in [-0.3, -0.25) is 5.84 Å². The molecule has 0 aromatic carbocycles. The van der Waals surface area contributed by atoms with E-state index >= 15 is 0 Å². The van der Waals surface area contributed by atoms with Gasteiger partial charge in [-0.05, 0) is 17.6 Å². The summed E-state index contributed by atoms with van der Waals surface area (Å²) in [4.78, 5) is 0. The first-order chi connectivity index (χ1) is 6.42. The first kappa shape index (κ1) is 8.61. The summed E-state index contributed by atoms with van der Waals surface area (Å²) in [5.41, 5.74) is 3.46. The van der Waals surface area contributed by atoms with E-state index in [9.17, 15) is 0 Å². The van der Waals surface area contributed by atoms with Crippen LogP contribution in [0.5, 0.6) is 0 Å². The fourth-order valence-electron chi connectivity index (χ4n) is 1.25. The van der Waals surface area contributed by atoms with Gasteiger partial charge in [0, 0.05) is 11.8 Å². The summed E-state index contributed by atoms with van der Waals surface area (Å²) in [6.07, 6.45) is 2.95. The summed E-state index contributed by atoms with van der Waals surface area (Å²) in [6.45, 7) is 0.727. The molecule has 70 valence electrons. The summed E-state index contributed by atoms with van der Waals surface area (Å²) in [5.74, 6) is 6.25. The highest BCUT2D eigenvalue weighted by Gasteiger charge is 2.21. The number of nitrogens with zero attached hydrogens (tertiary/aromatic N) is 2. The Labute approximate surface area is 79.7 Å². The van der Waals surface area contributed by atoms with E-state index in [0.717, 1.165) is 24.5 Å². The van der Waals surface area contributed by atoms with E-state index < -0.39 is 0 Å². The highest BCUT2D eigenvalue weighted by atomic mass is 32.1. The molecule has 1 aliphatic rings. The van der Waals surface area contributed by atoms with Crippen molar-refractivity contribution in [3.63, 3.8) is 0 Å². The van der Waals surface area contributed by atoms with Gasteiger partial charge in [-0.1, -0.05) is 4.49 Å². The van der Waals surface area contributed by atoms with Gasteiger partial charge >= 0.3 is 0 Å². The standard InChI is InChI=1S/C7H10N4OS/c8-9-7(5-4-13-11-10-5)6-2-1-3-12-6/h2,4,7,9H,1,3,8H2. The maximum absolute atomic E-state index is 5.41. The molecule has 0 spiro atoms. The van der Waals surface area contributed by atoms with Crippen molar-refractivity contribution in [2.45, 2.75) is 12.5 Å². The number of nitrogens with one attached hydrogen (secondary N) is 1. The van der Waals surface area contributed by atoms with Crippen LogP contribution in [0, 0.1) is 0 Å². The van der Waals surface area contributed by atoms with Crippen LogP contribution in [0.3, 0.4) is 0 Å². The minimum atomic E-state index is -0.152. The van der Waals surface area contributed by atoms with E-state index in [1.165, 1.54) is 11.5 Å². The highest BCUT2D eigenvalue weighted by Crippen LogP contribution is 2.24. The molecule has 0 saturated carbocycles. The first-order valence-corrected chi connectivity index (χ1v) is 4.81. The van der Waals surface area contributed by atoms with Gasteiger partial charge in [0.05, 0.1) is 6.61 Å². The molecule has 1 atom stereocenters. The van der Waals surface area contributed by atoms with E-state index in [-0.39, 0.29) is 6.04 Å². The number of hydrazine groups is 1. The van der Waals surface area contributed by atoms with Crippen LogP contribution in [0.2, 0.25) is 0 Å². The van der Waals surface area contributed by atoms with Crippen molar-refractivity contribution in [2.75, 3.05) is 6.61 Å². The SMILES string of the molecule is NNC(C1=CCCO1)c1csnn1. The fourth-order valence-corrected chi connectivity index (χ4v) is 1.73. The molecule has 2 rings (SSSR count). The topological polar surface area (TPSA) is 73.1 Å². The maximum Gasteiger partial charge on any atom is 0.123 e. The largest absolute Gasteiger partial charge is 0.496 e. The van der Waals surface area contributed by atoms with Crippen LogP contribution >= 0.6 is 11.5 Å². The highest BCUT2D eigenvalue weighted by molar-refractivity contribution is 7.03. The van der Waals surface area contributed by atoms with Gasteiger partial charge in [-0.15, -0.1) is 5.10 Å². The van der Waals surface area contributed by atoms with E-state index in [2.05, 4.69) is 15.0 Å². The molecule has 0 fully saturated rings. The van der Waals surface area contributed by atoms with Crippen LogP contribution in [0.25, 0.3) is 0 Å². The van der Waals surface area contributed by atoms with Crippen LogP contribution in [-0.4, -0.2) is 16.2 Å². The van der Waals surface area contributed by atoms with Gasteiger partial charge in [0.1, 0.15) is 17.5 Å². The number of ether oxygens (including phenoxy) is 1. The quantitative estimate of drug-likeness (QED) is 0.541. The van der Waals surface area contributed by atoms with Crippen molar-refractivity contribution in [2.24, 2.45) is 5.84 Å². The van der Waals surface area contributed by atoms with Gasteiger partial charge in [-0.25, -0.2) is 5.43 Å². The zero-order valence-corrected chi connectivity index (χ0v) is 7.75. The molecule has 13 heavy (non-hydrogen) atoms. The molecule has 3 N–H and O–H groups in total. The summed E-state index contributed by atoms with van der Waals surface area (Å²) in [5, 5.41) is 5.79. The predicted octanol–water partition coefficient (Wildman–Crippen LogP) is 0.347. The molecular formula is C7H10N4OS. The average molecular weight is 198 g/mol. The zero-order valence-electron chi connectivity index (χ0n) is 6.93. The van der Waals surface area contributed by atoms with Crippen LogP contribution in [-0.2, 0) is 4.74 Å². The first-order valence-electron chi connectivity index (χ1n) is 3.97. The average Bonchev–Trinajstić information content (AvgIpc) is 2.76. The van der Waals surface area contributed by atoms with Crippen LogP contribution in [0.4, 0.5) is 0 Å². The lowest BCUT2D eigenvalue weighted by atomic mass is 10.2. The summed E-state index contributed by atoms with van der Waals surface area (Å²) >= 11 is 1.30. The molecule has 1 aromatic heterocycles. The number of aromatic nitrogens is 2. The molecule has 2 heterocycles. The second kappa shape index (κ2) is 3.82. The third-order valence-electron chi connectivity index (χ3n) is 1.86. The predicted molar refractivity (Wildman–Crippen MR) is 48.6 cm³/mol. The molecule has 0 amide bonds. The molecular weight excluding hydrogens is 188 g/mol. The van der Waals surface area contributed by atoms with Crippen LogP contribution < -0.4 is 11.3 Å². The smallest absolute Gasteiger partial charge is 0.123 e. The lowest BCUT2D eigenvalue weighted by Crippen LogP contribution is -2.29. The van der Waals surface area contributed by atoms with Crippen LogP contribution in [0.15, 0.2) is 17.2 Å². The monoisotopic (exact) mass is 198 g/mol. The molecule has 0 aliphatic carbocycles. The number of hydrogen-bond acceptors (Lipinski definition) is 6. The van der Waals surface area contributed by atoms with Crippen molar-refractivity contribution in [3.05, 3.63) is 22.9 Å². The van der Waals surface area contributed by atoms with Crippen molar-refractivity contribution in [1.82, 2.24) is 15.0 Å². The molecule has 0 bridgehead atoms. The Kier molecular flexibility index (Phi) is 2.53. The van der Waals surface area contributed by atoms with Gasteiger partial charge in [0.2, 0.25) is 0 Å². The lowest BCUT2D eigenvalue weighted by Gasteiger charge is -2.13. The fraction of sp³-hybridized carbons (Fsp3) is 0.429. The Morgan fingerprint density at radius 1 is 1.69 bits per heavy atom. The number of rotatable bonds is 3. The minimum Gasteiger partial charge on any atom is -0.496 e. The molecule has 6 heteroatoms. The Bertz CT molecular complexity index is 297. The van der Waals surface area contributed by atoms with E-state index in [4.69, 9.17) is 10.6 Å². The van der Waals surface area contributed by atoms with Crippen molar-refractivity contribution >= 4 is 11.5 Å². The summed E-state index contributed by atoms with van der Waals surface area (Å²) in [7, 11) is 0. The molecule has 1 aliphatic heterocycles. The molecule has 1 aromatic rings. The van der Waals surface area contributed by atoms with E-state index in [1.807, 2.05) is 11.5 Å². The summed E-state index contributed by atoms with van der Waals surface area (Å²) < 4.78 is 9.16. The second-order valence-corrected chi connectivity index (χ2v) is 3.28. The van der Waals surface area contributed by atoms with Crippen molar-refractivity contribution in [1.29, 1.82) is 0 Å². The third-order valence-corrected chi connectivity index (χ3v) is 2.38. The number of nitrogens with two attached hydrogens (primary N) is 1. The number of hydrogen-bond donors (Lipinski definition) is 2. The van der Waals surface area contributed by atoms with E-state index in [1.54, 1.807) is 0 Å². The van der Waals surface area contributed by atoms with Gasteiger partial charge in [0.25, 0.3) is 0 Å². The molecule has 5 nitrogen and oxygen atoms in total. The maximum atomic E-state index is 5.41. The van der Waals surface area contributed by atoms with Gasteiger partial charge in [-0.2, -0.15) is 0 Å². The van der Waals surface area contributed by atoms with Gasteiger partial charge in [0.15, 0.2) is 0 Å². The van der Waals surface area contributed by atoms with Crippen molar-refractivity contribution < 1.29 is 4.74 Å². The normalized spacial score (nSPS) is 18.1. The molecule has 0 radical (unpaired) electrons. The molecule has 1 unspecified atom stereocenters. The van der Waals surface area contributed by atoms with Crippen molar-refractivity contribution in [3.8, 4) is 0 Å². The second-order valence-electron chi connectivity index (χ2n) is 2.67. The minimum absolute atomic E-state index is 0.152. The Morgan fingerprint density at radius 2 is 2.62 bits per heavy atom. The van der Waals surface area contributed by atoms with Crippen LogP contribution in [0.1, 0.15) is 18.2 Å². The molecule has 0 saturated heterocycles. The Hall–Kier alpha value is -0.980. The van der Waals surface area contributed by atoms with E-state index in [0.29, 0.717) is 0 Å². The summed E-state index contributed by atoms with van der Waals surface area (Å²) in [6, 6.07) is -0.152. The third kappa shape index (κ3) is 1.69. The van der Waals surface area contributed by atoms with Gasteiger partial charge < -0.3 is 4.74 Å². The lowest BCUT2D eigenvalue weighted by molar-refractivity contribution is 0.214. The zero-order chi connectivity index (χ0) is 9.10. The Balaban J connectivity index is 2.18. The Morgan fingerprint density at radius 3 is 3.15 bits per heavy atom.